The first kappa shape index (κ1) is 12.9. The van der Waals surface area contributed by atoms with E-state index in [1.807, 2.05) is 6.92 Å². The second-order valence-corrected chi connectivity index (χ2v) is 6.66. The Kier molecular flexibility index (Phi) is 3.48. The van der Waals surface area contributed by atoms with Crippen molar-refractivity contribution in [1.29, 1.82) is 0 Å². The van der Waals surface area contributed by atoms with E-state index in [1.165, 1.54) is 19.3 Å². The minimum Gasteiger partial charge on any atom is -0.481 e. The number of hydrogen-bond acceptors (Lipinski definition) is 2. The fraction of sp³-hybridized carbons (Fsp3) is 0.929. The smallest absolute Gasteiger partial charge is 0.310 e. The van der Waals surface area contributed by atoms with E-state index < -0.39 is 11.4 Å². The molecule has 0 spiro atoms. The predicted molar refractivity (Wildman–Crippen MR) is 67.9 cm³/mol. The van der Waals surface area contributed by atoms with Crippen molar-refractivity contribution in [2.75, 3.05) is 13.1 Å². The Morgan fingerprint density at radius 1 is 1.24 bits per heavy atom. The summed E-state index contributed by atoms with van der Waals surface area (Å²) in [6.45, 7) is 8.26. The molecule has 1 N–H and O–H groups in total. The Hall–Kier alpha value is -0.570. The second-order valence-electron chi connectivity index (χ2n) is 6.66. The quantitative estimate of drug-likeness (QED) is 0.805. The van der Waals surface area contributed by atoms with Gasteiger partial charge in [0.1, 0.15) is 0 Å². The van der Waals surface area contributed by atoms with E-state index in [2.05, 4.69) is 18.7 Å². The van der Waals surface area contributed by atoms with Crippen molar-refractivity contribution in [3.63, 3.8) is 0 Å². The van der Waals surface area contributed by atoms with Crippen LogP contribution in [0.25, 0.3) is 0 Å². The molecule has 2 aliphatic rings. The lowest BCUT2D eigenvalue weighted by atomic mass is 9.80. The van der Waals surface area contributed by atoms with Crippen LogP contribution in [0.2, 0.25) is 0 Å². The van der Waals surface area contributed by atoms with Gasteiger partial charge in [-0.15, -0.1) is 0 Å². The fourth-order valence-electron chi connectivity index (χ4n) is 3.69. The van der Waals surface area contributed by atoms with E-state index in [0.29, 0.717) is 6.04 Å². The van der Waals surface area contributed by atoms with Crippen LogP contribution in [0.4, 0.5) is 0 Å². The van der Waals surface area contributed by atoms with Gasteiger partial charge < -0.3 is 5.11 Å². The Morgan fingerprint density at radius 2 is 1.82 bits per heavy atom. The molecule has 0 aromatic carbocycles. The number of carboxylic acids is 1. The highest BCUT2D eigenvalue weighted by Gasteiger charge is 2.43. The van der Waals surface area contributed by atoms with Gasteiger partial charge in [-0.2, -0.15) is 0 Å². The van der Waals surface area contributed by atoms with Gasteiger partial charge in [0, 0.05) is 12.6 Å². The molecule has 2 fully saturated rings. The molecule has 0 radical (unpaired) electrons. The van der Waals surface area contributed by atoms with E-state index in [0.717, 1.165) is 31.3 Å². The molecular formula is C14H25NO2. The topological polar surface area (TPSA) is 40.5 Å². The number of hydrogen-bond donors (Lipinski definition) is 1. The Balaban J connectivity index is 1.98. The lowest BCUT2D eigenvalue weighted by molar-refractivity contribution is -0.147. The summed E-state index contributed by atoms with van der Waals surface area (Å²) in [5.41, 5.74) is -0.510. The average molecular weight is 239 g/mol. The lowest BCUT2D eigenvalue weighted by Gasteiger charge is -2.37. The van der Waals surface area contributed by atoms with Crippen LogP contribution in [0.1, 0.15) is 46.5 Å². The van der Waals surface area contributed by atoms with Crippen molar-refractivity contribution < 1.29 is 9.90 Å². The van der Waals surface area contributed by atoms with Gasteiger partial charge in [-0.3, -0.25) is 9.69 Å². The zero-order valence-electron chi connectivity index (χ0n) is 11.3. The molecule has 1 heterocycles. The summed E-state index contributed by atoms with van der Waals surface area (Å²) in [4.78, 5) is 13.7. The Bertz CT molecular complexity index is 295. The van der Waals surface area contributed by atoms with Crippen LogP contribution < -0.4 is 0 Å². The minimum atomic E-state index is -0.628. The van der Waals surface area contributed by atoms with Crippen LogP contribution in [0.5, 0.6) is 0 Å². The number of carboxylic acid groups (broad SMARTS) is 1. The molecular weight excluding hydrogens is 214 g/mol. The van der Waals surface area contributed by atoms with E-state index in [9.17, 15) is 9.90 Å². The molecule has 3 unspecified atom stereocenters. The maximum atomic E-state index is 11.3. The molecule has 0 aromatic heterocycles. The van der Waals surface area contributed by atoms with E-state index in [1.54, 1.807) is 0 Å². The van der Waals surface area contributed by atoms with Crippen LogP contribution in [0, 0.1) is 17.3 Å². The molecule has 1 saturated carbocycles. The first-order chi connectivity index (χ1) is 7.90. The second kappa shape index (κ2) is 4.60. The molecule has 1 aliphatic carbocycles. The number of carbonyl (C=O) groups is 1. The molecule has 17 heavy (non-hydrogen) atoms. The van der Waals surface area contributed by atoms with Crippen molar-refractivity contribution in [2.24, 2.45) is 17.3 Å². The summed E-state index contributed by atoms with van der Waals surface area (Å²) < 4.78 is 0. The third-order valence-corrected chi connectivity index (χ3v) is 4.69. The van der Waals surface area contributed by atoms with Crippen molar-refractivity contribution in [3.8, 4) is 0 Å². The summed E-state index contributed by atoms with van der Waals surface area (Å²) in [5, 5.41) is 9.27. The highest BCUT2D eigenvalue weighted by molar-refractivity contribution is 5.74. The molecule has 2 rings (SSSR count). The summed E-state index contributed by atoms with van der Waals surface area (Å²) >= 11 is 0. The monoisotopic (exact) mass is 239 g/mol. The van der Waals surface area contributed by atoms with Crippen LogP contribution in [0.3, 0.4) is 0 Å². The summed E-state index contributed by atoms with van der Waals surface area (Å²) in [5.74, 6) is 0.956. The van der Waals surface area contributed by atoms with Gasteiger partial charge >= 0.3 is 5.97 Å². The minimum absolute atomic E-state index is 0.510. The average Bonchev–Trinajstić information content (AvgIpc) is 2.61. The van der Waals surface area contributed by atoms with Gasteiger partial charge in [0.05, 0.1) is 5.41 Å². The molecule has 1 aliphatic heterocycles. The van der Waals surface area contributed by atoms with Gasteiger partial charge in [0.2, 0.25) is 0 Å². The molecule has 3 atom stereocenters. The molecule has 0 amide bonds. The predicted octanol–water partition coefficient (Wildman–Crippen LogP) is 2.61. The molecule has 0 bridgehead atoms. The van der Waals surface area contributed by atoms with Gasteiger partial charge in [0.15, 0.2) is 0 Å². The standard InChI is InChI=1S/C14H25NO2/c1-10-6-11(2)8-12(7-10)15-5-4-14(3,9-15)13(16)17/h10-12H,4-9H2,1-3H3,(H,16,17). The third kappa shape index (κ3) is 2.65. The van der Waals surface area contributed by atoms with E-state index in [-0.39, 0.29) is 0 Å². The lowest BCUT2D eigenvalue weighted by Crippen LogP contribution is -2.41. The molecule has 1 saturated heterocycles. The van der Waals surface area contributed by atoms with E-state index >= 15 is 0 Å². The maximum absolute atomic E-state index is 11.3. The van der Waals surface area contributed by atoms with Gasteiger partial charge in [0.25, 0.3) is 0 Å². The summed E-state index contributed by atoms with van der Waals surface area (Å²) in [6.07, 6.45) is 4.64. The highest BCUT2D eigenvalue weighted by Crippen LogP contribution is 2.37. The van der Waals surface area contributed by atoms with Crippen molar-refractivity contribution >= 4 is 5.97 Å². The fourth-order valence-corrected chi connectivity index (χ4v) is 3.69. The van der Waals surface area contributed by atoms with Gasteiger partial charge in [-0.25, -0.2) is 0 Å². The van der Waals surface area contributed by atoms with Gasteiger partial charge in [-0.05, 0) is 51.0 Å². The molecule has 98 valence electrons. The molecule has 3 nitrogen and oxygen atoms in total. The third-order valence-electron chi connectivity index (χ3n) is 4.69. The zero-order valence-corrected chi connectivity index (χ0v) is 11.3. The van der Waals surface area contributed by atoms with Crippen LogP contribution >= 0.6 is 0 Å². The van der Waals surface area contributed by atoms with Crippen LogP contribution in [-0.4, -0.2) is 35.1 Å². The summed E-state index contributed by atoms with van der Waals surface area (Å²) in [7, 11) is 0. The van der Waals surface area contributed by atoms with E-state index in [4.69, 9.17) is 0 Å². The number of nitrogens with zero attached hydrogens (tertiary/aromatic N) is 1. The first-order valence-electron chi connectivity index (χ1n) is 6.88. The van der Waals surface area contributed by atoms with Crippen molar-refractivity contribution in [3.05, 3.63) is 0 Å². The SMILES string of the molecule is CC1CC(C)CC(N2CCC(C)(C(=O)O)C2)C1. The molecule has 3 heteroatoms. The first-order valence-corrected chi connectivity index (χ1v) is 6.88. The molecule has 0 aromatic rings. The van der Waals surface area contributed by atoms with Gasteiger partial charge in [-0.1, -0.05) is 13.8 Å². The number of likely N-dealkylation sites (tertiary alicyclic amines) is 1. The zero-order chi connectivity index (χ0) is 12.6. The largest absolute Gasteiger partial charge is 0.481 e. The summed E-state index contributed by atoms with van der Waals surface area (Å²) in [6, 6.07) is 0.620. The highest BCUT2D eigenvalue weighted by atomic mass is 16.4. The normalized spacial score (nSPS) is 43.8. The number of aliphatic carboxylic acids is 1. The van der Waals surface area contributed by atoms with Crippen LogP contribution in [0.15, 0.2) is 0 Å². The van der Waals surface area contributed by atoms with Crippen LogP contribution in [-0.2, 0) is 4.79 Å². The van der Waals surface area contributed by atoms with Crippen molar-refractivity contribution in [1.82, 2.24) is 4.90 Å². The Morgan fingerprint density at radius 3 is 2.29 bits per heavy atom. The Labute approximate surface area is 104 Å². The maximum Gasteiger partial charge on any atom is 0.310 e. The van der Waals surface area contributed by atoms with Crippen molar-refractivity contribution in [2.45, 2.75) is 52.5 Å². The number of rotatable bonds is 2.